The Morgan fingerprint density at radius 2 is 2.50 bits per heavy atom. The summed E-state index contributed by atoms with van der Waals surface area (Å²) in [6.07, 6.45) is 0. The van der Waals surface area contributed by atoms with Crippen molar-refractivity contribution in [1.82, 2.24) is 20.6 Å². The molecule has 0 bridgehead atoms. The average molecular weight is 140 g/mol. The first kappa shape index (κ1) is 6.26. The normalized spacial score (nSPS) is 10.4. The predicted molar refractivity (Wildman–Crippen MR) is 30.6 cm³/mol. The molecular formula is C2H4N8. The zero-order chi connectivity index (χ0) is 7.40. The van der Waals surface area contributed by atoms with E-state index >= 15 is 0 Å². The van der Waals surface area contributed by atoms with Crippen LogP contribution in [0.2, 0.25) is 0 Å². The summed E-state index contributed by atoms with van der Waals surface area (Å²) in [7, 11) is 0. The molecule has 52 valence electrons. The van der Waals surface area contributed by atoms with Crippen LogP contribution in [0.5, 0.6) is 0 Å². The number of hydrogen-bond acceptors (Lipinski definition) is 5. The van der Waals surface area contributed by atoms with Gasteiger partial charge >= 0.3 is 5.95 Å². The van der Waals surface area contributed by atoms with Crippen LogP contribution in [0.4, 0.5) is 5.95 Å². The fourth-order valence-electron chi connectivity index (χ4n) is 0.297. The number of nitrogens with one attached hydrogen (secondary N) is 2. The molecule has 10 heavy (non-hydrogen) atoms. The number of rotatable bonds is 1. The molecule has 8 nitrogen and oxygen atoms in total. The van der Waals surface area contributed by atoms with Gasteiger partial charge in [-0.2, -0.15) is 5.21 Å². The fourth-order valence-corrected chi connectivity index (χ4v) is 0.297. The Morgan fingerprint density at radius 3 is 3.00 bits per heavy atom. The van der Waals surface area contributed by atoms with Crippen LogP contribution in [-0.4, -0.2) is 26.6 Å². The van der Waals surface area contributed by atoms with Crippen molar-refractivity contribution in [3.63, 3.8) is 0 Å². The van der Waals surface area contributed by atoms with Gasteiger partial charge < -0.3 is 5.73 Å². The van der Waals surface area contributed by atoms with E-state index in [-0.39, 0.29) is 5.95 Å². The lowest BCUT2D eigenvalue weighted by Crippen LogP contribution is -2.03. The standard InChI is InChI=1S/C2H4N8/c3-1(4)5-6-2-7-9-10-8-2/h(H3,3,4)(H,7,8,9,10)/b6-5+. The monoisotopic (exact) mass is 140 g/mol. The number of azo groups is 1. The molecule has 1 aromatic rings. The highest BCUT2D eigenvalue weighted by Gasteiger charge is 1.90. The molecule has 4 N–H and O–H groups in total. The number of aromatic amines is 1. The van der Waals surface area contributed by atoms with Crippen LogP contribution in [0.15, 0.2) is 10.2 Å². The van der Waals surface area contributed by atoms with Gasteiger partial charge in [0.05, 0.1) is 0 Å². The summed E-state index contributed by atoms with van der Waals surface area (Å²) >= 11 is 0. The van der Waals surface area contributed by atoms with Gasteiger partial charge in [-0.05, 0) is 5.21 Å². The highest BCUT2D eigenvalue weighted by atomic mass is 15.5. The summed E-state index contributed by atoms with van der Waals surface area (Å²) in [5.74, 6) is -0.347. The van der Waals surface area contributed by atoms with Gasteiger partial charge in [-0.3, -0.25) is 5.41 Å². The lowest BCUT2D eigenvalue weighted by Gasteiger charge is -1.77. The first-order valence-electron chi connectivity index (χ1n) is 2.28. The maximum atomic E-state index is 6.63. The molecule has 1 aromatic heterocycles. The Morgan fingerprint density at radius 1 is 1.70 bits per heavy atom. The van der Waals surface area contributed by atoms with Crippen molar-refractivity contribution in [1.29, 1.82) is 5.41 Å². The molecular weight excluding hydrogens is 136 g/mol. The molecule has 0 aliphatic heterocycles. The quantitative estimate of drug-likeness (QED) is 0.267. The Labute approximate surface area is 55.0 Å². The van der Waals surface area contributed by atoms with E-state index in [0.29, 0.717) is 0 Å². The van der Waals surface area contributed by atoms with E-state index in [0.717, 1.165) is 0 Å². The van der Waals surface area contributed by atoms with Crippen LogP contribution in [0.25, 0.3) is 0 Å². The summed E-state index contributed by atoms with van der Waals surface area (Å²) < 4.78 is 0. The number of nitrogens with zero attached hydrogens (tertiary/aromatic N) is 5. The summed E-state index contributed by atoms with van der Waals surface area (Å²) in [6, 6.07) is 0. The van der Waals surface area contributed by atoms with Gasteiger partial charge in [0, 0.05) is 0 Å². The summed E-state index contributed by atoms with van der Waals surface area (Å²) in [6.45, 7) is 0. The first-order valence-corrected chi connectivity index (χ1v) is 2.28. The van der Waals surface area contributed by atoms with Crippen LogP contribution >= 0.6 is 0 Å². The van der Waals surface area contributed by atoms with E-state index in [2.05, 4.69) is 30.9 Å². The number of aromatic nitrogens is 4. The molecule has 0 atom stereocenters. The maximum absolute atomic E-state index is 6.63. The van der Waals surface area contributed by atoms with Crippen LogP contribution < -0.4 is 5.73 Å². The van der Waals surface area contributed by atoms with Gasteiger partial charge in [0.2, 0.25) is 5.96 Å². The van der Waals surface area contributed by atoms with Crippen LogP contribution in [-0.2, 0) is 0 Å². The first-order chi connectivity index (χ1) is 4.79. The molecule has 0 aromatic carbocycles. The van der Waals surface area contributed by atoms with Crippen molar-refractivity contribution in [3.8, 4) is 0 Å². The molecule has 8 heteroatoms. The van der Waals surface area contributed by atoms with Gasteiger partial charge in [-0.25, -0.2) is 0 Å². The third kappa shape index (κ3) is 1.58. The summed E-state index contributed by atoms with van der Waals surface area (Å²) in [4.78, 5) is 0. The Kier molecular flexibility index (Phi) is 1.64. The van der Waals surface area contributed by atoms with E-state index in [1.165, 1.54) is 0 Å². The Bertz CT molecular complexity index is 232. The second-order valence-corrected chi connectivity index (χ2v) is 1.30. The lowest BCUT2D eigenvalue weighted by molar-refractivity contribution is 0.881. The topological polar surface area (TPSA) is 129 Å². The molecule has 1 heterocycles. The molecule has 0 unspecified atom stereocenters. The predicted octanol–water partition coefficient (Wildman–Crippen LogP) is -0.823. The largest absolute Gasteiger partial charge is 0.367 e. The zero-order valence-corrected chi connectivity index (χ0v) is 4.81. The smallest absolute Gasteiger partial charge is 0.307 e. The average Bonchev–Trinajstić information content (AvgIpc) is 2.34. The third-order valence-corrected chi connectivity index (χ3v) is 0.581. The van der Waals surface area contributed by atoms with E-state index in [9.17, 15) is 0 Å². The molecule has 1 rings (SSSR count). The van der Waals surface area contributed by atoms with Crippen molar-refractivity contribution < 1.29 is 0 Å². The number of tetrazole rings is 1. The number of H-pyrrole nitrogens is 1. The van der Waals surface area contributed by atoms with E-state index in [4.69, 9.17) is 11.1 Å². The highest BCUT2D eigenvalue weighted by molar-refractivity contribution is 5.74. The number of hydrogen-bond donors (Lipinski definition) is 3. The molecule has 0 radical (unpaired) electrons. The minimum absolute atomic E-state index is 0.0511. The molecule has 0 aliphatic carbocycles. The van der Waals surface area contributed by atoms with Gasteiger partial charge in [-0.15, -0.1) is 15.3 Å². The van der Waals surface area contributed by atoms with Gasteiger partial charge in [0.1, 0.15) is 0 Å². The second-order valence-electron chi connectivity index (χ2n) is 1.30. The highest BCUT2D eigenvalue weighted by Crippen LogP contribution is 1.95. The van der Waals surface area contributed by atoms with Crippen molar-refractivity contribution in [2.24, 2.45) is 16.0 Å². The maximum Gasteiger partial charge on any atom is 0.307 e. The van der Waals surface area contributed by atoms with Crippen molar-refractivity contribution in [3.05, 3.63) is 0 Å². The zero-order valence-electron chi connectivity index (χ0n) is 4.81. The van der Waals surface area contributed by atoms with Gasteiger partial charge in [-0.1, -0.05) is 5.10 Å². The van der Waals surface area contributed by atoms with Crippen LogP contribution in [0.1, 0.15) is 0 Å². The fraction of sp³-hybridized carbons (Fsp3) is 0. The molecule has 0 amide bonds. The van der Waals surface area contributed by atoms with E-state index in [1.807, 2.05) is 0 Å². The molecule has 0 spiro atoms. The van der Waals surface area contributed by atoms with Crippen LogP contribution in [0, 0.1) is 5.41 Å². The molecule has 0 aliphatic rings. The van der Waals surface area contributed by atoms with Crippen molar-refractivity contribution in [2.75, 3.05) is 0 Å². The van der Waals surface area contributed by atoms with Gasteiger partial charge in [0.25, 0.3) is 0 Å². The second kappa shape index (κ2) is 2.62. The number of guanidine groups is 1. The lowest BCUT2D eigenvalue weighted by atomic mass is 11.1. The molecule has 0 saturated carbocycles. The summed E-state index contributed by atoms with van der Waals surface area (Å²) in [5, 5.41) is 25.3. The van der Waals surface area contributed by atoms with Gasteiger partial charge in [0.15, 0.2) is 0 Å². The Hall–Kier alpha value is -1.86. The molecule has 0 fully saturated rings. The van der Waals surface area contributed by atoms with E-state index in [1.54, 1.807) is 0 Å². The van der Waals surface area contributed by atoms with Crippen molar-refractivity contribution in [2.45, 2.75) is 0 Å². The molecule has 0 saturated heterocycles. The minimum Gasteiger partial charge on any atom is -0.367 e. The number of nitrogens with two attached hydrogens (primary N) is 1. The summed E-state index contributed by atoms with van der Waals surface area (Å²) in [5.41, 5.74) is 4.85. The Balaban J connectivity index is 2.64. The third-order valence-electron chi connectivity index (χ3n) is 0.581. The SMILES string of the molecule is N=C(N)/N=N/c1nn[nH]n1. The van der Waals surface area contributed by atoms with Crippen molar-refractivity contribution >= 4 is 11.9 Å². The van der Waals surface area contributed by atoms with E-state index < -0.39 is 5.96 Å². The minimum atomic E-state index is -0.398. The van der Waals surface area contributed by atoms with Crippen LogP contribution in [0.3, 0.4) is 0 Å².